The monoisotopic (exact) mass is 490 g/mol. The Bertz CT molecular complexity index is 1340. The summed E-state index contributed by atoms with van der Waals surface area (Å²) in [5, 5.41) is 2.80. The maximum atomic E-state index is 13.5. The second kappa shape index (κ2) is 10.2. The van der Waals surface area contributed by atoms with E-state index in [4.69, 9.17) is 9.47 Å². The van der Waals surface area contributed by atoms with Crippen molar-refractivity contribution < 1.29 is 19.1 Å². The van der Waals surface area contributed by atoms with Crippen LogP contribution >= 0.6 is 0 Å². The highest BCUT2D eigenvalue weighted by atomic mass is 16.6. The summed E-state index contributed by atoms with van der Waals surface area (Å²) in [5.74, 6) is 0.0517. The van der Waals surface area contributed by atoms with Crippen molar-refractivity contribution in [2.24, 2.45) is 0 Å². The lowest BCUT2D eigenvalue weighted by Crippen LogP contribution is -2.34. The number of aromatic amines is 1. The molecule has 0 radical (unpaired) electrons. The first kappa shape index (κ1) is 24.9. The molecule has 4 aromatic rings. The summed E-state index contributed by atoms with van der Waals surface area (Å²) >= 11 is 0. The van der Waals surface area contributed by atoms with Crippen molar-refractivity contribution in [1.82, 2.24) is 19.5 Å². The maximum Gasteiger partial charge on any atom is 0.359 e. The molecule has 10 heteroatoms. The molecule has 1 amide bonds. The van der Waals surface area contributed by atoms with Gasteiger partial charge in [-0.1, -0.05) is 30.3 Å². The molecule has 188 valence electrons. The van der Waals surface area contributed by atoms with Crippen LogP contribution < -0.4 is 10.2 Å². The molecular formula is C26H30N6O4. The fourth-order valence-electron chi connectivity index (χ4n) is 3.90. The SMILES string of the molecule is COCC(C)(C)OC(=O)c1c(NC(=O)Cc2nc3ccccc3[nH]2)nc(N(C)C)n1-c1ccccc1. The number of aromatic nitrogens is 4. The molecule has 4 rings (SSSR count). The molecule has 0 fully saturated rings. The van der Waals surface area contributed by atoms with E-state index in [0.717, 1.165) is 11.0 Å². The zero-order valence-electron chi connectivity index (χ0n) is 21.0. The maximum absolute atomic E-state index is 13.5. The number of imidazole rings is 2. The van der Waals surface area contributed by atoms with Crippen molar-refractivity contribution >= 4 is 34.7 Å². The molecule has 10 nitrogen and oxygen atoms in total. The standard InChI is InChI=1S/C26H30N6O4/c1-26(2,16-35-5)36-24(34)22-23(30-25(31(3)4)32(22)17-11-7-6-8-12-17)29-21(33)15-20-27-18-13-9-10-14-19(18)28-20/h6-14H,15-16H2,1-5H3,(H,27,28)(H,29,33). The van der Waals surface area contributed by atoms with Crippen molar-refractivity contribution in [2.45, 2.75) is 25.9 Å². The van der Waals surface area contributed by atoms with E-state index in [9.17, 15) is 9.59 Å². The van der Waals surface area contributed by atoms with Gasteiger partial charge in [0.1, 0.15) is 11.4 Å². The Hall–Kier alpha value is -4.18. The number of esters is 1. The van der Waals surface area contributed by atoms with Crippen LogP contribution in [0.25, 0.3) is 16.7 Å². The Morgan fingerprint density at radius 3 is 2.42 bits per heavy atom. The number of ether oxygens (including phenoxy) is 2. The van der Waals surface area contributed by atoms with Gasteiger partial charge >= 0.3 is 5.97 Å². The third kappa shape index (κ3) is 5.38. The topological polar surface area (TPSA) is 114 Å². The van der Waals surface area contributed by atoms with Crippen LogP contribution in [0, 0.1) is 0 Å². The largest absolute Gasteiger partial charge is 0.452 e. The Morgan fingerprint density at radius 2 is 1.75 bits per heavy atom. The number of methoxy groups -OCH3 is 1. The number of carbonyl (C=O) groups excluding carboxylic acids is 2. The molecule has 0 saturated heterocycles. The molecule has 0 atom stereocenters. The highest BCUT2D eigenvalue weighted by molar-refractivity contribution is 6.01. The zero-order chi connectivity index (χ0) is 25.9. The molecule has 2 aromatic heterocycles. The third-order valence-corrected chi connectivity index (χ3v) is 5.35. The van der Waals surface area contributed by atoms with E-state index < -0.39 is 11.6 Å². The molecule has 0 aliphatic heterocycles. The van der Waals surface area contributed by atoms with Crippen molar-refractivity contribution in [2.75, 3.05) is 38.0 Å². The number of nitrogens with zero attached hydrogens (tertiary/aromatic N) is 4. The van der Waals surface area contributed by atoms with Gasteiger partial charge in [0.15, 0.2) is 11.5 Å². The molecule has 0 bridgehead atoms. The lowest BCUT2D eigenvalue weighted by molar-refractivity contribution is -0.115. The minimum Gasteiger partial charge on any atom is -0.452 e. The predicted octanol–water partition coefficient (Wildman–Crippen LogP) is 3.58. The fourth-order valence-corrected chi connectivity index (χ4v) is 3.90. The normalized spacial score (nSPS) is 11.5. The summed E-state index contributed by atoms with van der Waals surface area (Å²) in [6.45, 7) is 3.71. The lowest BCUT2D eigenvalue weighted by Gasteiger charge is -2.25. The summed E-state index contributed by atoms with van der Waals surface area (Å²) in [5.41, 5.74) is 1.52. The highest BCUT2D eigenvalue weighted by Crippen LogP contribution is 2.29. The van der Waals surface area contributed by atoms with Gasteiger partial charge in [-0.2, -0.15) is 4.98 Å². The first-order valence-electron chi connectivity index (χ1n) is 11.5. The molecular weight excluding hydrogens is 460 g/mol. The van der Waals surface area contributed by atoms with E-state index in [1.807, 2.05) is 68.7 Å². The number of carbonyl (C=O) groups is 2. The van der Waals surface area contributed by atoms with Gasteiger partial charge in [-0.25, -0.2) is 9.78 Å². The van der Waals surface area contributed by atoms with Crippen LogP contribution in [0.4, 0.5) is 11.8 Å². The van der Waals surface area contributed by atoms with E-state index in [-0.39, 0.29) is 30.4 Å². The van der Waals surface area contributed by atoms with Crippen LogP contribution in [0.1, 0.15) is 30.2 Å². The summed E-state index contributed by atoms with van der Waals surface area (Å²) < 4.78 is 12.7. The number of nitrogens with one attached hydrogen (secondary N) is 2. The first-order chi connectivity index (χ1) is 17.2. The number of fused-ring (bicyclic) bond motifs is 1. The van der Waals surface area contributed by atoms with Crippen LogP contribution in [-0.2, 0) is 20.7 Å². The van der Waals surface area contributed by atoms with Crippen molar-refractivity contribution in [3.63, 3.8) is 0 Å². The van der Waals surface area contributed by atoms with Gasteiger partial charge in [0, 0.05) is 26.9 Å². The van der Waals surface area contributed by atoms with Crippen LogP contribution in [0.3, 0.4) is 0 Å². The summed E-state index contributed by atoms with van der Waals surface area (Å²) in [6, 6.07) is 16.8. The Labute approximate surface area is 209 Å². The van der Waals surface area contributed by atoms with Crippen LogP contribution in [-0.4, -0.2) is 64.8 Å². The van der Waals surface area contributed by atoms with Gasteiger partial charge in [-0.3, -0.25) is 9.36 Å². The minimum absolute atomic E-state index is 0.0200. The minimum atomic E-state index is -0.897. The summed E-state index contributed by atoms with van der Waals surface area (Å²) in [7, 11) is 5.16. The molecule has 2 aromatic carbocycles. The highest BCUT2D eigenvalue weighted by Gasteiger charge is 2.32. The number of amides is 1. The molecule has 36 heavy (non-hydrogen) atoms. The Kier molecular flexibility index (Phi) is 7.07. The second-order valence-electron chi connectivity index (χ2n) is 9.18. The third-order valence-electron chi connectivity index (χ3n) is 5.35. The van der Waals surface area contributed by atoms with Crippen LogP contribution in [0.2, 0.25) is 0 Å². The Balaban J connectivity index is 1.72. The average molecular weight is 491 g/mol. The van der Waals surface area contributed by atoms with Crippen LogP contribution in [0.5, 0.6) is 0 Å². The Morgan fingerprint density at radius 1 is 1.06 bits per heavy atom. The molecule has 0 unspecified atom stereocenters. The number of rotatable bonds is 9. The number of H-pyrrole nitrogens is 1. The van der Waals surface area contributed by atoms with E-state index in [1.165, 1.54) is 7.11 Å². The van der Waals surface area contributed by atoms with Gasteiger partial charge in [-0.15, -0.1) is 0 Å². The zero-order valence-corrected chi connectivity index (χ0v) is 21.0. The van der Waals surface area contributed by atoms with Crippen molar-refractivity contribution in [3.05, 3.63) is 66.1 Å². The second-order valence-corrected chi connectivity index (χ2v) is 9.18. The van der Waals surface area contributed by atoms with E-state index in [2.05, 4.69) is 20.3 Å². The average Bonchev–Trinajstić information content (AvgIpc) is 3.40. The summed E-state index contributed by atoms with van der Waals surface area (Å²) in [6.07, 6.45) is -0.0200. The quantitative estimate of drug-likeness (QED) is 0.345. The van der Waals surface area contributed by atoms with Gasteiger partial charge in [0.25, 0.3) is 0 Å². The smallest absolute Gasteiger partial charge is 0.359 e. The van der Waals surface area contributed by atoms with Gasteiger partial charge in [-0.05, 0) is 38.1 Å². The van der Waals surface area contributed by atoms with Crippen LogP contribution in [0.15, 0.2) is 54.6 Å². The van der Waals surface area contributed by atoms with E-state index >= 15 is 0 Å². The molecule has 0 aliphatic rings. The number of hydrogen-bond acceptors (Lipinski definition) is 7. The molecule has 0 spiro atoms. The van der Waals surface area contributed by atoms with Gasteiger partial charge in [0.2, 0.25) is 11.9 Å². The van der Waals surface area contributed by atoms with Gasteiger partial charge < -0.3 is 24.7 Å². The molecule has 2 N–H and O–H groups in total. The first-order valence-corrected chi connectivity index (χ1v) is 11.5. The van der Waals surface area contributed by atoms with Crippen molar-refractivity contribution in [1.29, 1.82) is 0 Å². The molecule has 0 aliphatic carbocycles. The molecule has 2 heterocycles. The molecule has 0 saturated carbocycles. The van der Waals surface area contributed by atoms with Gasteiger partial charge in [0.05, 0.1) is 24.1 Å². The number of para-hydroxylation sites is 3. The lowest BCUT2D eigenvalue weighted by atomic mass is 10.1. The summed E-state index contributed by atoms with van der Waals surface area (Å²) in [4.78, 5) is 40.5. The van der Waals surface area contributed by atoms with E-state index in [1.54, 1.807) is 23.3 Å². The predicted molar refractivity (Wildman–Crippen MR) is 138 cm³/mol. The fraction of sp³-hybridized carbons (Fsp3) is 0.308. The number of anilines is 2. The number of hydrogen-bond donors (Lipinski definition) is 2. The number of benzene rings is 2. The van der Waals surface area contributed by atoms with Crippen molar-refractivity contribution in [3.8, 4) is 5.69 Å². The van der Waals surface area contributed by atoms with E-state index in [0.29, 0.717) is 17.5 Å².